The summed E-state index contributed by atoms with van der Waals surface area (Å²) in [5, 5.41) is 19.0. The summed E-state index contributed by atoms with van der Waals surface area (Å²) in [6, 6.07) is 18.3. The van der Waals surface area contributed by atoms with Gasteiger partial charge in [-0.2, -0.15) is 0 Å². The topological polar surface area (TPSA) is 107 Å². The zero-order chi connectivity index (χ0) is 22.4. The van der Waals surface area contributed by atoms with Gasteiger partial charge in [0.2, 0.25) is 0 Å². The predicted octanol–water partition coefficient (Wildman–Crippen LogP) is 5.21. The Morgan fingerprint density at radius 3 is 2.32 bits per heavy atom. The lowest BCUT2D eigenvalue weighted by Crippen LogP contribution is -2.19. The van der Waals surface area contributed by atoms with E-state index in [2.05, 4.69) is 6.92 Å². The second-order valence-corrected chi connectivity index (χ2v) is 7.64. The van der Waals surface area contributed by atoms with Crippen LogP contribution in [0.2, 0.25) is 0 Å². The number of ether oxygens (including phenoxy) is 1. The van der Waals surface area contributed by atoms with Gasteiger partial charge in [0.1, 0.15) is 17.1 Å². The van der Waals surface area contributed by atoms with Crippen LogP contribution in [0.3, 0.4) is 0 Å². The molecule has 1 unspecified atom stereocenters. The molecule has 3 rings (SSSR count). The maximum atomic E-state index is 12.1. The molecule has 0 aliphatic heterocycles. The lowest BCUT2D eigenvalue weighted by molar-refractivity contribution is 0.0693. The van der Waals surface area contributed by atoms with E-state index in [1.54, 1.807) is 18.2 Å². The zero-order valence-corrected chi connectivity index (χ0v) is 17.7. The van der Waals surface area contributed by atoms with Gasteiger partial charge in [0.05, 0.1) is 18.0 Å². The molecule has 0 radical (unpaired) electrons. The molecule has 0 aromatic heterocycles. The summed E-state index contributed by atoms with van der Waals surface area (Å²) in [5.74, 6) is -0.999. The van der Waals surface area contributed by atoms with Crippen molar-refractivity contribution in [1.29, 1.82) is 0 Å². The van der Waals surface area contributed by atoms with Crippen LogP contribution in [0.25, 0.3) is 11.1 Å². The number of anilines is 2. The van der Waals surface area contributed by atoms with Crippen molar-refractivity contribution in [2.45, 2.75) is 19.8 Å². The van der Waals surface area contributed by atoms with Crippen LogP contribution in [-0.2, 0) is 11.3 Å². The average molecular weight is 442 g/mol. The van der Waals surface area contributed by atoms with Crippen LogP contribution in [0.5, 0.6) is 11.5 Å². The van der Waals surface area contributed by atoms with Crippen molar-refractivity contribution in [3.8, 4) is 22.6 Å². The van der Waals surface area contributed by atoms with Crippen molar-refractivity contribution in [3.63, 3.8) is 0 Å². The van der Waals surface area contributed by atoms with Gasteiger partial charge in [-0.25, -0.2) is 13.3 Å². The van der Waals surface area contributed by atoms with Crippen molar-refractivity contribution in [3.05, 3.63) is 72.3 Å². The van der Waals surface area contributed by atoms with Gasteiger partial charge in [-0.05, 0) is 53.9 Å². The Bertz CT molecular complexity index is 1080. The van der Waals surface area contributed by atoms with Crippen LogP contribution < -0.4 is 9.04 Å². The van der Waals surface area contributed by atoms with E-state index in [9.17, 15) is 18.7 Å². The molecule has 3 aromatic rings. The highest BCUT2D eigenvalue weighted by molar-refractivity contribution is 7.81. The summed E-state index contributed by atoms with van der Waals surface area (Å²) in [4.78, 5) is 11.1. The predicted molar refractivity (Wildman–Crippen MR) is 120 cm³/mol. The molecule has 8 heteroatoms. The molecule has 0 fully saturated rings. The minimum atomic E-state index is -2.45. The van der Waals surface area contributed by atoms with E-state index in [1.165, 1.54) is 12.1 Å². The van der Waals surface area contributed by atoms with E-state index in [0.717, 1.165) is 40.1 Å². The molecule has 0 aliphatic carbocycles. The van der Waals surface area contributed by atoms with Crippen molar-refractivity contribution < 1.29 is 28.5 Å². The fourth-order valence-corrected chi connectivity index (χ4v) is 3.63. The number of carboxylic acids is 1. The monoisotopic (exact) mass is 441 g/mol. The Hall–Kier alpha value is -3.36. The number of aromatic hydroxyl groups is 1. The standard InChI is InChI=1S/C23H23NO6S/c1-2-3-13-30-20-10-7-16(8-11-20)17-5-4-6-18(14-17)24(31(28)29)19-9-12-21(23(26)27)22(25)15-19/h4-12,14-15,25H,2-3,13H2,1H3,(H,26,27)(H,28,29). The first-order valence-electron chi connectivity index (χ1n) is 9.71. The molecule has 0 amide bonds. The second-order valence-electron chi connectivity index (χ2n) is 6.81. The Balaban J connectivity index is 1.90. The third-order valence-electron chi connectivity index (χ3n) is 4.64. The number of nitrogens with zero attached hydrogens (tertiary/aromatic N) is 1. The van der Waals surface area contributed by atoms with E-state index in [0.29, 0.717) is 12.3 Å². The third kappa shape index (κ3) is 5.42. The highest BCUT2D eigenvalue weighted by Gasteiger charge is 2.19. The lowest BCUT2D eigenvalue weighted by Gasteiger charge is -2.21. The van der Waals surface area contributed by atoms with Crippen molar-refractivity contribution >= 4 is 28.6 Å². The van der Waals surface area contributed by atoms with Gasteiger partial charge in [-0.15, -0.1) is 0 Å². The maximum absolute atomic E-state index is 12.1. The highest BCUT2D eigenvalue weighted by atomic mass is 32.2. The molecule has 0 spiro atoms. The normalized spacial score (nSPS) is 11.7. The number of carbonyl (C=O) groups is 1. The first kappa shape index (κ1) is 22.3. The van der Waals surface area contributed by atoms with E-state index in [-0.39, 0.29) is 11.3 Å². The number of phenols is 1. The van der Waals surface area contributed by atoms with Gasteiger partial charge in [0, 0.05) is 6.07 Å². The molecule has 0 bridgehead atoms. The molecule has 0 saturated carbocycles. The lowest BCUT2D eigenvalue weighted by atomic mass is 10.0. The van der Waals surface area contributed by atoms with Crippen molar-refractivity contribution in [2.75, 3.05) is 10.9 Å². The Kier molecular flexibility index (Phi) is 7.28. The van der Waals surface area contributed by atoms with Gasteiger partial charge >= 0.3 is 5.97 Å². The number of benzene rings is 3. The summed E-state index contributed by atoms with van der Waals surface area (Å²) in [6.07, 6.45) is 2.05. The maximum Gasteiger partial charge on any atom is 0.339 e. The Labute approximate surface area is 183 Å². The summed E-state index contributed by atoms with van der Waals surface area (Å²) in [6.45, 7) is 2.76. The van der Waals surface area contributed by atoms with Crippen LogP contribution in [0, 0.1) is 0 Å². The molecule has 3 aromatic carbocycles. The molecule has 162 valence electrons. The quantitative estimate of drug-likeness (QED) is 0.311. The average Bonchev–Trinajstić information content (AvgIpc) is 2.74. The summed E-state index contributed by atoms with van der Waals surface area (Å²) < 4.78 is 28.7. The minimum absolute atomic E-state index is 0.181. The van der Waals surface area contributed by atoms with Gasteiger partial charge in [-0.3, -0.25) is 4.55 Å². The Morgan fingerprint density at radius 2 is 1.71 bits per heavy atom. The molecular weight excluding hydrogens is 418 g/mol. The van der Waals surface area contributed by atoms with E-state index < -0.39 is 23.0 Å². The third-order valence-corrected chi connectivity index (χ3v) is 5.37. The number of rotatable bonds is 9. The first-order chi connectivity index (χ1) is 14.9. The molecule has 3 N–H and O–H groups in total. The first-order valence-corrected chi connectivity index (χ1v) is 10.8. The molecular formula is C23H23NO6S. The van der Waals surface area contributed by atoms with Crippen LogP contribution >= 0.6 is 0 Å². The smallest absolute Gasteiger partial charge is 0.339 e. The van der Waals surface area contributed by atoms with Gasteiger partial charge in [-0.1, -0.05) is 37.6 Å². The van der Waals surface area contributed by atoms with Crippen LogP contribution in [-0.4, -0.2) is 31.6 Å². The molecule has 0 heterocycles. The number of carboxylic acid groups (broad SMARTS) is 1. The summed E-state index contributed by atoms with van der Waals surface area (Å²) in [7, 11) is 0. The molecule has 1 atom stereocenters. The van der Waals surface area contributed by atoms with Crippen molar-refractivity contribution in [2.24, 2.45) is 0 Å². The number of hydrogen-bond donors (Lipinski definition) is 3. The summed E-state index contributed by atoms with van der Waals surface area (Å²) in [5.41, 5.74) is 2.02. The van der Waals surface area contributed by atoms with E-state index >= 15 is 0 Å². The number of aromatic carboxylic acids is 1. The molecule has 0 aliphatic rings. The van der Waals surface area contributed by atoms with Crippen molar-refractivity contribution in [1.82, 2.24) is 0 Å². The minimum Gasteiger partial charge on any atom is -0.507 e. The molecule has 7 nitrogen and oxygen atoms in total. The number of unbranched alkanes of at least 4 members (excludes halogenated alkanes) is 1. The fraction of sp³-hybridized carbons (Fsp3) is 0.174. The number of hydrogen-bond acceptors (Lipinski definition) is 4. The Morgan fingerprint density at radius 1 is 1.00 bits per heavy atom. The highest BCUT2D eigenvalue weighted by Crippen LogP contribution is 2.34. The van der Waals surface area contributed by atoms with Crippen LogP contribution in [0.4, 0.5) is 11.4 Å². The summed E-state index contributed by atoms with van der Waals surface area (Å²) >= 11 is -2.45. The fourth-order valence-electron chi connectivity index (χ4n) is 3.05. The second kappa shape index (κ2) is 10.1. The van der Waals surface area contributed by atoms with Crippen LogP contribution in [0.1, 0.15) is 30.1 Å². The van der Waals surface area contributed by atoms with Gasteiger partial charge < -0.3 is 14.9 Å². The van der Waals surface area contributed by atoms with Gasteiger partial charge in [0.15, 0.2) is 0 Å². The molecule has 31 heavy (non-hydrogen) atoms. The molecule has 0 saturated heterocycles. The zero-order valence-electron chi connectivity index (χ0n) is 16.9. The van der Waals surface area contributed by atoms with Gasteiger partial charge in [0.25, 0.3) is 11.3 Å². The SMILES string of the molecule is CCCCOc1ccc(-c2cccc(N(c3ccc(C(=O)O)c(O)c3)S(=O)O)c2)cc1. The largest absolute Gasteiger partial charge is 0.507 e. The van der Waals surface area contributed by atoms with E-state index in [4.69, 9.17) is 9.84 Å². The van der Waals surface area contributed by atoms with Crippen LogP contribution in [0.15, 0.2) is 66.7 Å². The van der Waals surface area contributed by atoms with E-state index in [1.807, 2.05) is 30.3 Å².